The molecule has 0 aliphatic rings. The monoisotopic (exact) mass is 439 g/mol. The second-order valence-corrected chi connectivity index (χ2v) is 6.82. The Hall–Kier alpha value is -4.21. The lowest BCUT2D eigenvalue weighted by Crippen LogP contribution is -2.14. The molecule has 2 aromatic heterocycles. The summed E-state index contributed by atoms with van der Waals surface area (Å²) in [5.41, 5.74) is 1.66. The minimum absolute atomic E-state index is 0.114. The zero-order valence-electron chi connectivity index (χ0n) is 17.0. The van der Waals surface area contributed by atoms with Crippen molar-refractivity contribution in [3.8, 4) is 11.5 Å². The molecule has 0 fully saturated rings. The van der Waals surface area contributed by atoms with Crippen molar-refractivity contribution >= 4 is 11.6 Å². The number of carbonyl (C=O) groups is 1. The molecule has 2 aromatic carbocycles. The third-order valence-electron chi connectivity index (χ3n) is 4.49. The van der Waals surface area contributed by atoms with Gasteiger partial charge in [0.2, 0.25) is 0 Å². The average Bonchev–Trinajstić information content (AvgIpc) is 3.43. The number of anilines is 1. The lowest BCUT2D eigenvalue weighted by molar-refractivity contribution is 0.102. The topological polar surface area (TPSA) is 83.2 Å². The van der Waals surface area contributed by atoms with E-state index < -0.39 is 17.5 Å². The maximum Gasteiger partial charge on any atom is 0.276 e. The normalized spacial score (nSPS) is 10.7. The average molecular weight is 439 g/mol. The van der Waals surface area contributed by atoms with Gasteiger partial charge in [-0.15, -0.1) is 0 Å². The van der Waals surface area contributed by atoms with Crippen molar-refractivity contribution in [2.24, 2.45) is 0 Å². The second-order valence-electron chi connectivity index (χ2n) is 6.82. The number of halogens is 2. The summed E-state index contributed by atoms with van der Waals surface area (Å²) in [5, 5.41) is 11.1. The molecule has 1 amide bonds. The molecule has 32 heavy (non-hydrogen) atoms. The largest absolute Gasteiger partial charge is 0.497 e. The van der Waals surface area contributed by atoms with E-state index in [2.05, 4.69) is 15.5 Å². The van der Waals surface area contributed by atoms with Crippen LogP contribution in [0.4, 0.5) is 14.5 Å². The lowest BCUT2D eigenvalue weighted by atomic mass is 10.2. The van der Waals surface area contributed by atoms with E-state index in [4.69, 9.17) is 9.47 Å². The van der Waals surface area contributed by atoms with Crippen LogP contribution in [-0.4, -0.2) is 32.6 Å². The predicted octanol–water partition coefficient (Wildman–Crippen LogP) is 3.70. The first-order chi connectivity index (χ1) is 15.5. The van der Waals surface area contributed by atoms with Gasteiger partial charge in [-0.3, -0.25) is 9.48 Å². The van der Waals surface area contributed by atoms with E-state index in [0.29, 0.717) is 12.2 Å². The Labute approximate surface area is 182 Å². The molecular formula is C22H19F2N5O3. The molecule has 0 spiro atoms. The Bertz CT molecular complexity index is 1240. The van der Waals surface area contributed by atoms with Gasteiger partial charge in [0.15, 0.2) is 24.0 Å². The minimum Gasteiger partial charge on any atom is -0.497 e. The molecular weight excluding hydrogens is 420 g/mol. The molecule has 164 valence electrons. The summed E-state index contributed by atoms with van der Waals surface area (Å²) in [4.78, 5) is 12.5. The summed E-state index contributed by atoms with van der Waals surface area (Å²) >= 11 is 0. The molecule has 0 radical (unpaired) electrons. The standard InChI is InChI=1S/C22H19F2N5O3/c1-31-18-4-2-3-15(9-18)12-29-13-17(11-25-29)26-22(30)20-7-8-28(27-20)14-32-21-6-5-16(23)10-19(21)24/h2-11,13H,12,14H2,1H3,(H,26,30). The van der Waals surface area contributed by atoms with Crippen LogP contribution in [0.3, 0.4) is 0 Å². The highest BCUT2D eigenvalue weighted by Crippen LogP contribution is 2.18. The third-order valence-corrected chi connectivity index (χ3v) is 4.49. The van der Waals surface area contributed by atoms with E-state index in [9.17, 15) is 13.6 Å². The Kier molecular flexibility index (Phi) is 6.11. The number of hydrogen-bond donors (Lipinski definition) is 1. The summed E-state index contributed by atoms with van der Waals surface area (Å²) in [6.07, 6.45) is 4.76. The molecule has 0 saturated carbocycles. The van der Waals surface area contributed by atoms with Crippen molar-refractivity contribution in [3.05, 3.63) is 90.0 Å². The number of methoxy groups -OCH3 is 1. The summed E-state index contributed by atoms with van der Waals surface area (Å²) in [6.45, 7) is 0.368. The summed E-state index contributed by atoms with van der Waals surface area (Å²) in [6, 6.07) is 12.1. The van der Waals surface area contributed by atoms with E-state index >= 15 is 0 Å². The maximum absolute atomic E-state index is 13.6. The number of amides is 1. The Morgan fingerprint density at radius 1 is 1.12 bits per heavy atom. The van der Waals surface area contributed by atoms with E-state index in [-0.39, 0.29) is 18.2 Å². The van der Waals surface area contributed by atoms with Crippen LogP contribution >= 0.6 is 0 Å². The van der Waals surface area contributed by atoms with Crippen molar-refractivity contribution in [1.29, 1.82) is 0 Å². The number of nitrogens with zero attached hydrogens (tertiary/aromatic N) is 4. The summed E-state index contributed by atoms with van der Waals surface area (Å²) in [5.74, 6) is -1.31. The quantitative estimate of drug-likeness (QED) is 0.453. The molecule has 0 bridgehead atoms. The van der Waals surface area contributed by atoms with E-state index in [0.717, 1.165) is 23.4 Å². The first kappa shape index (κ1) is 21.0. The van der Waals surface area contributed by atoms with Crippen molar-refractivity contribution in [2.45, 2.75) is 13.3 Å². The number of hydrogen-bond acceptors (Lipinski definition) is 5. The van der Waals surface area contributed by atoms with Crippen LogP contribution in [0, 0.1) is 11.6 Å². The molecule has 0 unspecified atom stereocenters. The molecule has 10 heteroatoms. The van der Waals surface area contributed by atoms with Crippen LogP contribution in [0.1, 0.15) is 16.1 Å². The van der Waals surface area contributed by atoms with Crippen molar-refractivity contribution in [3.63, 3.8) is 0 Å². The smallest absolute Gasteiger partial charge is 0.276 e. The predicted molar refractivity (Wildman–Crippen MR) is 111 cm³/mol. The first-order valence-corrected chi connectivity index (χ1v) is 9.58. The zero-order chi connectivity index (χ0) is 22.5. The Morgan fingerprint density at radius 3 is 2.81 bits per heavy atom. The third kappa shape index (κ3) is 5.09. The van der Waals surface area contributed by atoms with Gasteiger partial charge in [-0.2, -0.15) is 10.2 Å². The van der Waals surface area contributed by atoms with Gasteiger partial charge in [-0.1, -0.05) is 12.1 Å². The number of ether oxygens (including phenoxy) is 2. The van der Waals surface area contributed by atoms with Gasteiger partial charge >= 0.3 is 0 Å². The van der Waals surface area contributed by atoms with Gasteiger partial charge in [-0.25, -0.2) is 13.5 Å². The highest BCUT2D eigenvalue weighted by molar-refractivity contribution is 6.02. The van der Waals surface area contributed by atoms with Gasteiger partial charge < -0.3 is 14.8 Å². The van der Waals surface area contributed by atoms with Crippen LogP contribution < -0.4 is 14.8 Å². The number of benzene rings is 2. The van der Waals surface area contributed by atoms with Crippen molar-refractivity contribution < 1.29 is 23.0 Å². The fourth-order valence-electron chi connectivity index (χ4n) is 2.95. The molecule has 0 saturated heterocycles. The Morgan fingerprint density at radius 2 is 2.00 bits per heavy atom. The van der Waals surface area contributed by atoms with Crippen LogP contribution in [0.25, 0.3) is 0 Å². The van der Waals surface area contributed by atoms with Crippen LogP contribution in [0.5, 0.6) is 11.5 Å². The molecule has 0 aliphatic heterocycles. The maximum atomic E-state index is 13.6. The van der Waals surface area contributed by atoms with Crippen molar-refractivity contribution in [2.75, 3.05) is 12.4 Å². The van der Waals surface area contributed by atoms with E-state index in [1.165, 1.54) is 29.2 Å². The van der Waals surface area contributed by atoms with E-state index in [1.54, 1.807) is 18.0 Å². The molecule has 2 heterocycles. The van der Waals surface area contributed by atoms with Crippen LogP contribution in [0.2, 0.25) is 0 Å². The second kappa shape index (κ2) is 9.29. The molecule has 4 rings (SSSR count). The summed E-state index contributed by atoms with van der Waals surface area (Å²) in [7, 11) is 1.61. The van der Waals surface area contributed by atoms with Gasteiger partial charge in [0.1, 0.15) is 11.6 Å². The molecule has 0 atom stereocenters. The van der Waals surface area contributed by atoms with Gasteiger partial charge in [-0.05, 0) is 35.9 Å². The number of nitrogens with one attached hydrogen (secondary N) is 1. The van der Waals surface area contributed by atoms with Gasteiger partial charge in [0, 0.05) is 18.5 Å². The van der Waals surface area contributed by atoms with Gasteiger partial charge in [0.25, 0.3) is 5.91 Å². The lowest BCUT2D eigenvalue weighted by Gasteiger charge is -2.07. The van der Waals surface area contributed by atoms with Gasteiger partial charge in [0.05, 0.1) is 25.5 Å². The minimum atomic E-state index is -0.818. The fraction of sp³-hybridized carbons (Fsp3) is 0.136. The van der Waals surface area contributed by atoms with Crippen LogP contribution in [-0.2, 0) is 13.3 Å². The molecule has 8 nitrogen and oxygen atoms in total. The highest BCUT2D eigenvalue weighted by Gasteiger charge is 2.12. The summed E-state index contributed by atoms with van der Waals surface area (Å²) < 4.78 is 40.1. The molecule has 0 aliphatic carbocycles. The number of rotatable bonds is 8. The van der Waals surface area contributed by atoms with Crippen LogP contribution in [0.15, 0.2) is 67.1 Å². The number of aromatic nitrogens is 4. The molecule has 1 N–H and O–H groups in total. The molecule has 4 aromatic rings. The van der Waals surface area contributed by atoms with Crippen molar-refractivity contribution in [1.82, 2.24) is 19.6 Å². The fourth-order valence-corrected chi connectivity index (χ4v) is 2.95. The highest BCUT2D eigenvalue weighted by atomic mass is 19.1. The Balaban J connectivity index is 1.34. The zero-order valence-corrected chi connectivity index (χ0v) is 17.0. The SMILES string of the molecule is COc1cccc(Cn2cc(NC(=O)c3ccn(COc4ccc(F)cc4F)n3)cn2)c1. The number of carbonyl (C=O) groups excluding carboxylic acids is 1. The van der Waals surface area contributed by atoms with E-state index in [1.807, 2.05) is 24.3 Å². The first-order valence-electron chi connectivity index (χ1n) is 9.58.